The van der Waals surface area contributed by atoms with Crippen LogP contribution in [0.15, 0.2) is 59.8 Å². The Kier molecular flexibility index (Phi) is 5.29. The SMILES string of the molecule is O=c1ccc(-c2ccncc2)nn1CC1CCN(Cc2cccnn2)CC1. The molecule has 0 saturated carbocycles. The first-order valence-corrected chi connectivity index (χ1v) is 9.25. The van der Waals surface area contributed by atoms with Gasteiger partial charge in [0.1, 0.15) is 0 Å². The second kappa shape index (κ2) is 8.18. The third kappa shape index (κ3) is 4.43. The van der Waals surface area contributed by atoms with Crippen molar-refractivity contribution < 1.29 is 0 Å². The summed E-state index contributed by atoms with van der Waals surface area (Å²) in [4.78, 5) is 18.7. The topological polar surface area (TPSA) is 76.8 Å². The lowest BCUT2D eigenvalue weighted by Crippen LogP contribution is -2.36. The molecule has 7 nitrogen and oxygen atoms in total. The van der Waals surface area contributed by atoms with Crippen molar-refractivity contribution in [2.45, 2.75) is 25.9 Å². The summed E-state index contributed by atoms with van der Waals surface area (Å²) in [7, 11) is 0. The van der Waals surface area contributed by atoms with Gasteiger partial charge in [-0.05, 0) is 62.2 Å². The molecule has 0 aliphatic carbocycles. The highest BCUT2D eigenvalue weighted by Crippen LogP contribution is 2.20. The molecule has 7 heteroatoms. The molecule has 0 bridgehead atoms. The summed E-state index contributed by atoms with van der Waals surface area (Å²) in [5.74, 6) is 0.459. The number of hydrogen-bond donors (Lipinski definition) is 0. The fraction of sp³-hybridized carbons (Fsp3) is 0.350. The highest BCUT2D eigenvalue weighted by atomic mass is 16.1. The first-order chi connectivity index (χ1) is 13.3. The standard InChI is InChI=1S/C20H22N6O/c27-20-4-3-19(17-5-10-21-11-6-17)24-26(20)14-16-7-12-25(13-8-16)15-18-2-1-9-22-23-18/h1-6,9-11,16H,7-8,12-15H2. The average Bonchev–Trinajstić information content (AvgIpc) is 2.72. The molecule has 3 aromatic heterocycles. The lowest BCUT2D eigenvalue weighted by molar-refractivity contribution is 0.161. The number of aromatic nitrogens is 5. The van der Waals surface area contributed by atoms with Gasteiger partial charge >= 0.3 is 0 Å². The van der Waals surface area contributed by atoms with Crippen LogP contribution in [0, 0.1) is 5.92 Å². The molecule has 4 heterocycles. The molecule has 1 aliphatic rings. The van der Waals surface area contributed by atoms with Crippen LogP contribution >= 0.6 is 0 Å². The van der Waals surface area contributed by atoms with Gasteiger partial charge in [0.15, 0.2) is 0 Å². The molecular weight excluding hydrogens is 340 g/mol. The normalized spacial score (nSPS) is 15.7. The molecule has 1 fully saturated rings. The molecule has 1 aliphatic heterocycles. The molecule has 0 spiro atoms. The molecule has 0 unspecified atom stereocenters. The van der Waals surface area contributed by atoms with Gasteiger partial charge in [0.05, 0.1) is 11.4 Å². The summed E-state index contributed by atoms with van der Waals surface area (Å²) in [6, 6.07) is 11.1. The fourth-order valence-electron chi connectivity index (χ4n) is 3.47. The summed E-state index contributed by atoms with van der Waals surface area (Å²) >= 11 is 0. The second-order valence-electron chi connectivity index (χ2n) is 6.91. The summed E-state index contributed by atoms with van der Waals surface area (Å²) in [6.45, 7) is 3.49. The van der Waals surface area contributed by atoms with E-state index in [1.165, 1.54) is 0 Å². The molecule has 4 rings (SSSR count). The first kappa shape index (κ1) is 17.5. The lowest BCUT2D eigenvalue weighted by atomic mass is 9.96. The maximum absolute atomic E-state index is 12.2. The minimum absolute atomic E-state index is 0.0465. The molecule has 27 heavy (non-hydrogen) atoms. The van der Waals surface area contributed by atoms with Gasteiger partial charge in [0.25, 0.3) is 5.56 Å². The van der Waals surface area contributed by atoms with Crippen LogP contribution in [0.4, 0.5) is 0 Å². The molecule has 0 amide bonds. The van der Waals surface area contributed by atoms with Crippen LogP contribution in [0.5, 0.6) is 0 Å². The predicted molar refractivity (Wildman–Crippen MR) is 102 cm³/mol. The molecule has 3 aromatic rings. The number of nitrogens with zero attached hydrogens (tertiary/aromatic N) is 6. The Morgan fingerprint density at radius 1 is 1.00 bits per heavy atom. The van der Waals surface area contributed by atoms with Crippen molar-refractivity contribution in [2.24, 2.45) is 5.92 Å². The second-order valence-corrected chi connectivity index (χ2v) is 6.91. The van der Waals surface area contributed by atoms with E-state index in [2.05, 4.69) is 25.2 Å². The zero-order valence-electron chi connectivity index (χ0n) is 15.1. The number of hydrogen-bond acceptors (Lipinski definition) is 6. The van der Waals surface area contributed by atoms with E-state index in [9.17, 15) is 4.79 Å². The molecule has 0 N–H and O–H groups in total. The van der Waals surface area contributed by atoms with Crippen molar-refractivity contribution in [1.29, 1.82) is 0 Å². The molecule has 0 atom stereocenters. The van der Waals surface area contributed by atoms with Gasteiger partial charge in [0, 0.05) is 43.3 Å². The minimum atomic E-state index is -0.0465. The van der Waals surface area contributed by atoms with Crippen molar-refractivity contribution in [2.75, 3.05) is 13.1 Å². The maximum atomic E-state index is 12.2. The van der Waals surface area contributed by atoms with Gasteiger partial charge in [-0.25, -0.2) is 4.68 Å². The van der Waals surface area contributed by atoms with Crippen molar-refractivity contribution in [3.63, 3.8) is 0 Å². The zero-order valence-corrected chi connectivity index (χ0v) is 15.1. The molecule has 0 aromatic carbocycles. The zero-order chi connectivity index (χ0) is 18.5. The summed E-state index contributed by atoms with van der Waals surface area (Å²) in [6.07, 6.45) is 7.26. The van der Waals surface area contributed by atoms with E-state index in [0.717, 1.165) is 49.4 Å². The number of piperidine rings is 1. The quantitative estimate of drug-likeness (QED) is 0.691. The van der Waals surface area contributed by atoms with E-state index in [4.69, 9.17) is 0 Å². The third-order valence-corrected chi connectivity index (χ3v) is 4.99. The van der Waals surface area contributed by atoms with Crippen LogP contribution in [0.3, 0.4) is 0 Å². The van der Waals surface area contributed by atoms with Crippen LogP contribution in [0.1, 0.15) is 18.5 Å². The van der Waals surface area contributed by atoms with Crippen LogP contribution in [0.25, 0.3) is 11.3 Å². The van der Waals surface area contributed by atoms with Crippen LogP contribution in [-0.4, -0.2) is 43.0 Å². The van der Waals surface area contributed by atoms with Crippen molar-refractivity contribution in [3.8, 4) is 11.3 Å². The highest BCUT2D eigenvalue weighted by Gasteiger charge is 2.21. The smallest absolute Gasteiger partial charge is 0.266 e. The monoisotopic (exact) mass is 362 g/mol. The van der Waals surface area contributed by atoms with E-state index in [1.54, 1.807) is 35.4 Å². The molecule has 138 valence electrons. The van der Waals surface area contributed by atoms with E-state index in [-0.39, 0.29) is 5.56 Å². The van der Waals surface area contributed by atoms with E-state index >= 15 is 0 Å². The Hall–Kier alpha value is -2.93. The summed E-state index contributed by atoms with van der Waals surface area (Å²) in [5, 5.41) is 12.7. The van der Waals surface area contributed by atoms with Crippen molar-refractivity contribution in [3.05, 3.63) is 71.0 Å². The Morgan fingerprint density at radius 2 is 1.81 bits per heavy atom. The van der Waals surface area contributed by atoms with Gasteiger partial charge in [-0.15, -0.1) is 0 Å². The van der Waals surface area contributed by atoms with E-state index in [0.29, 0.717) is 12.5 Å². The Bertz CT molecular complexity index is 920. The van der Waals surface area contributed by atoms with Gasteiger partial charge in [0.2, 0.25) is 0 Å². The van der Waals surface area contributed by atoms with Crippen molar-refractivity contribution >= 4 is 0 Å². The van der Waals surface area contributed by atoms with Gasteiger partial charge in [-0.1, -0.05) is 0 Å². The summed E-state index contributed by atoms with van der Waals surface area (Å²) in [5.41, 5.74) is 2.73. The highest BCUT2D eigenvalue weighted by molar-refractivity contribution is 5.56. The van der Waals surface area contributed by atoms with Gasteiger partial charge < -0.3 is 0 Å². The Balaban J connectivity index is 1.38. The molecule has 0 radical (unpaired) electrons. The molecule has 1 saturated heterocycles. The predicted octanol–water partition coefficient (Wildman–Crippen LogP) is 2.01. The van der Waals surface area contributed by atoms with Gasteiger partial charge in [-0.3, -0.25) is 14.7 Å². The number of likely N-dealkylation sites (tertiary alicyclic amines) is 1. The van der Waals surface area contributed by atoms with Crippen LogP contribution < -0.4 is 5.56 Å². The Labute approximate surface area is 157 Å². The number of pyridine rings is 1. The largest absolute Gasteiger partial charge is 0.297 e. The molecular formula is C20H22N6O. The Morgan fingerprint density at radius 3 is 2.56 bits per heavy atom. The van der Waals surface area contributed by atoms with Crippen LogP contribution in [-0.2, 0) is 13.1 Å². The average molecular weight is 362 g/mol. The number of rotatable bonds is 5. The fourth-order valence-corrected chi connectivity index (χ4v) is 3.47. The first-order valence-electron chi connectivity index (χ1n) is 9.25. The van der Waals surface area contributed by atoms with Crippen molar-refractivity contribution in [1.82, 2.24) is 29.9 Å². The van der Waals surface area contributed by atoms with E-state index < -0.39 is 0 Å². The maximum Gasteiger partial charge on any atom is 0.266 e. The van der Waals surface area contributed by atoms with Crippen LogP contribution in [0.2, 0.25) is 0 Å². The lowest BCUT2D eigenvalue weighted by Gasteiger charge is -2.31. The van der Waals surface area contributed by atoms with Gasteiger partial charge in [-0.2, -0.15) is 15.3 Å². The summed E-state index contributed by atoms with van der Waals surface area (Å²) < 4.78 is 1.61. The third-order valence-electron chi connectivity index (χ3n) is 4.99. The minimum Gasteiger partial charge on any atom is -0.297 e. The van der Waals surface area contributed by atoms with E-state index in [1.807, 2.05) is 24.3 Å².